The lowest BCUT2D eigenvalue weighted by Gasteiger charge is -2.40. The molecular weight excluding hydrogens is 658 g/mol. The van der Waals surface area contributed by atoms with E-state index >= 15 is 0 Å². The van der Waals surface area contributed by atoms with E-state index in [-0.39, 0.29) is 12.5 Å². The zero-order chi connectivity index (χ0) is 38.1. The zero-order valence-corrected chi connectivity index (χ0v) is 33.3. The molecule has 9 heteroatoms. The number of ether oxygens (including phenoxy) is 2. The molecule has 0 bridgehead atoms. The Morgan fingerprint density at radius 1 is 0.635 bits per heavy atom. The Morgan fingerprint density at radius 2 is 1.08 bits per heavy atom. The van der Waals surface area contributed by atoms with E-state index in [9.17, 15) is 30.3 Å². The second kappa shape index (κ2) is 34.2. The molecule has 1 amide bonds. The lowest BCUT2D eigenvalue weighted by molar-refractivity contribution is -0.302. The molecule has 1 heterocycles. The van der Waals surface area contributed by atoms with Crippen molar-refractivity contribution in [3.63, 3.8) is 0 Å². The Morgan fingerprint density at radius 3 is 1.56 bits per heavy atom. The summed E-state index contributed by atoms with van der Waals surface area (Å²) in [6.45, 7) is 3.74. The highest BCUT2D eigenvalue weighted by atomic mass is 16.7. The van der Waals surface area contributed by atoms with Crippen LogP contribution in [0.4, 0.5) is 0 Å². The third-order valence-corrected chi connectivity index (χ3v) is 10.3. The van der Waals surface area contributed by atoms with Gasteiger partial charge in [-0.1, -0.05) is 160 Å². The van der Waals surface area contributed by atoms with Gasteiger partial charge in [-0.15, -0.1) is 0 Å². The predicted molar refractivity (Wildman–Crippen MR) is 212 cm³/mol. The number of carbonyl (C=O) groups excluding carboxylic acids is 1. The number of aliphatic hydroxyl groups is 5. The van der Waals surface area contributed by atoms with Crippen LogP contribution in [0.2, 0.25) is 0 Å². The van der Waals surface area contributed by atoms with Crippen molar-refractivity contribution >= 4 is 5.91 Å². The summed E-state index contributed by atoms with van der Waals surface area (Å²) in [5.74, 6) is -0.183. The van der Waals surface area contributed by atoms with E-state index in [1.165, 1.54) is 122 Å². The second-order valence-corrected chi connectivity index (χ2v) is 15.1. The van der Waals surface area contributed by atoms with Crippen LogP contribution in [0.5, 0.6) is 0 Å². The number of aliphatic hydroxyl groups excluding tert-OH is 5. The number of rotatable bonds is 35. The Bertz CT molecular complexity index is 868. The number of carbonyl (C=O) groups is 1. The van der Waals surface area contributed by atoms with Crippen molar-refractivity contribution in [2.75, 3.05) is 13.2 Å². The molecule has 7 atom stereocenters. The molecule has 0 aromatic heterocycles. The van der Waals surface area contributed by atoms with Gasteiger partial charge in [-0.3, -0.25) is 4.79 Å². The van der Waals surface area contributed by atoms with Crippen molar-refractivity contribution in [3.8, 4) is 0 Å². The van der Waals surface area contributed by atoms with Crippen LogP contribution in [0.25, 0.3) is 0 Å². The van der Waals surface area contributed by atoms with Crippen LogP contribution in [-0.2, 0) is 14.3 Å². The van der Waals surface area contributed by atoms with Gasteiger partial charge >= 0.3 is 0 Å². The number of hydrogen-bond donors (Lipinski definition) is 6. The molecular formula is C43H81NO8. The summed E-state index contributed by atoms with van der Waals surface area (Å²) in [5, 5.41) is 54.0. The maximum absolute atomic E-state index is 12.9. The summed E-state index contributed by atoms with van der Waals surface area (Å²) in [6.07, 6.45) is 32.2. The molecule has 0 aromatic carbocycles. The van der Waals surface area contributed by atoms with E-state index in [1.54, 1.807) is 6.08 Å². The van der Waals surface area contributed by atoms with Gasteiger partial charge in [-0.05, 0) is 44.9 Å². The molecule has 1 fully saturated rings. The fourth-order valence-electron chi connectivity index (χ4n) is 6.74. The van der Waals surface area contributed by atoms with Crippen LogP contribution in [0, 0.1) is 0 Å². The first-order chi connectivity index (χ1) is 25.3. The van der Waals surface area contributed by atoms with Crippen LogP contribution < -0.4 is 5.32 Å². The Labute approximate surface area is 318 Å². The Kier molecular flexibility index (Phi) is 32.0. The highest BCUT2D eigenvalue weighted by Crippen LogP contribution is 2.22. The summed E-state index contributed by atoms with van der Waals surface area (Å²) in [6, 6.07) is -0.802. The van der Waals surface area contributed by atoms with Crippen molar-refractivity contribution in [1.29, 1.82) is 0 Å². The second-order valence-electron chi connectivity index (χ2n) is 15.1. The summed E-state index contributed by atoms with van der Waals surface area (Å²) in [4.78, 5) is 12.9. The average molecular weight is 740 g/mol. The summed E-state index contributed by atoms with van der Waals surface area (Å²) < 4.78 is 11.2. The molecule has 0 aromatic rings. The quantitative estimate of drug-likeness (QED) is 0.0281. The molecule has 1 rings (SSSR count). The van der Waals surface area contributed by atoms with Crippen molar-refractivity contribution in [3.05, 3.63) is 24.3 Å². The first-order valence-corrected chi connectivity index (χ1v) is 21.6. The van der Waals surface area contributed by atoms with Gasteiger partial charge in [0.15, 0.2) is 6.29 Å². The fourth-order valence-corrected chi connectivity index (χ4v) is 6.74. The maximum atomic E-state index is 12.9. The molecule has 52 heavy (non-hydrogen) atoms. The van der Waals surface area contributed by atoms with Gasteiger partial charge in [0.05, 0.1) is 25.4 Å². The van der Waals surface area contributed by atoms with Gasteiger partial charge < -0.3 is 40.3 Å². The molecule has 7 unspecified atom stereocenters. The molecule has 9 nitrogen and oxygen atoms in total. The monoisotopic (exact) mass is 740 g/mol. The lowest BCUT2D eigenvalue weighted by atomic mass is 9.99. The van der Waals surface area contributed by atoms with Crippen molar-refractivity contribution in [2.45, 2.75) is 230 Å². The van der Waals surface area contributed by atoms with E-state index in [2.05, 4.69) is 31.3 Å². The Balaban J connectivity index is 2.36. The molecule has 0 saturated carbocycles. The SMILES string of the molecule is CCCCCCCCC/C=C\CCCCCCCCCC(=O)NC(COC1OC(CO)C(O)C(O)C1O)C(O)/C=C/CCCCCCCCCCC. The van der Waals surface area contributed by atoms with Crippen LogP contribution in [0.3, 0.4) is 0 Å². The van der Waals surface area contributed by atoms with Gasteiger partial charge in [0.2, 0.25) is 5.91 Å². The molecule has 6 N–H and O–H groups in total. The normalized spacial score (nSPS) is 22.0. The van der Waals surface area contributed by atoms with Gasteiger partial charge in [-0.25, -0.2) is 0 Å². The molecule has 1 aliphatic heterocycles. The van der Waals surface area contributed by atoms with Gasteiger partial charge in [0, 0.05) is 6.42 Å². The lowest BCUT2D eigenvalue weighted by Crippen LogP contribution is -2.60. The highest BCUT2D eigenvalue weighted by Gasteiger charge is 2.44. The van der Waals surface area contributed by atoms with Gasteiger partial charge in [0.25, 0.3) is 0 Å². The first-order valence-electron chi connectivity index (χ1n) is 21.6. The number of hydrogen-bond acceptors (Lipinski definition) is 8. The van der Waals surface area contributed by atoms with Crippen molar-refractivity contribution in [2.24, 2.45) is 0 Å². The highest BCUT2D eigenvalue weighted by molar-refractivity contribution is 5.76. The van der Waals surface area contributed by atoms with Gasteiger partial charge in [-0.2, -0.15) is 0 Å². The smallest absolute Gasteiger partial charge is 0.220 e. The largest absolute Gasteiger partial charge is 0.394 e. The molecule has 306 valence electrons. The third-order valence-electron chi connectivity index (χ3n) is 10.3. The minimum Gasteiger partial charge on any atom is -0.394 e. The standard InChI is InChI=1S/C43H81NO8/c1-3-5-7-9-11-13-15-16-17-18-19-20-21-23-25-27-29-31-33-39(47)44-36(35-51-43-42(50)41(49)40(48)38(34-45)52-43)37(46)32-30-28-26-24-22-14-12-10-8-6-4-2/h17-18,30,32,36-38,40-43,45-46,48-50H,3-16,19-29,31,33-35H2,1-2H3,(H,44,47)/b18-17-,32-30+. The Hall–Kier alpha value is -1.33. The molecule has 0 spiro atoms. The first kappa shape index (κ1) is 48.7. The summed E-state index contributed by atoms with van der Waals surface area (Å²) >= 11 is 0. The summed E-state index contributed by atoms with van der Waals surface area (Å²) in [7, 11) is 0. The minimum absolute atomic E-state index is 0.183. The van der Waals surface area contributed by atoms with E-state index < -0.39 is 49.5 Å². The molecule has 1 aliphatic rings. The molecule has 0 aliphatic carbocycles. The van der Waals surface area contributed by atoms with Crippen LogP contribution in [0.1, 0.15) is 187 Å². The average Bonchev–Trinajstić information content (AvgIpc) is 3.14. The van der Waals surface area contributed by atoms with Crippen molar-refractivity contribution < 1.29 is 39.8 Å². The van der Waals surface area contributed by atoms with Crippen LogP contribution in [-0.4, -0.2) is 87.5 Å². The van der Waals surface area contributed by atoms with E-state index in [0.717, 1.165) is 44.9 Å². The zero-order valence-electron chi connectivity index (χ0n) is 33.3. The minimum atomic E-state index is -1.56. The number of allylic oxidation sites excluding steroid dienone is 3. The van der Waals surface area contributed by atoms with E-state index in [4.69, 9.17) is 9.47 Å². The number of amides is 1. The molecule has 1 saturated heterocycles. The van der Waals surface area contributed by atoms with Gasteiger partial charge in [0.1, 0.15) is 24.4 Å². The molecule has 0 radical (unpaired) electrons. The van der Waals surface area contributed by atoms with E-state index in [0.29, 0.717) is 6.42 Å². The number of nitrogens with one attached hydrogen (secondary N) is 1. The van der Waals surface area contributed by atoms with Crippen LogP contribution >= 0.6 is 0 Å². The van der Waals surface area contributed by atoms with Crippen molar-refractivity contribution in [1.82, 2.24) is 5.32 Å². The summed E-state index contributed by atoms with van der Waals surface area (Å²) in [5.41, 5.74) is 0. The predicted octanol–water partition coefficient (Wildman–Crippen LogP) is 8.33. The topological polar surface area (TPSA) is 149 Å². The van der Waals surface area contributed by atoms with E-state index in [1.807, 2.05) is 6.08 Å². The third kappa shape index (κ3) is 24.9. The number of unbranched alkanes of at least 4 members (excludes halogenated alkanes) is 23. The van der Waals surface area contributed by atoms with Crippen LogP contribution in [0.15, 0.2) is 24.3 Å². The maximum Gasteiger partial charge on any atom is 0.220 e. The fraction of sp³-hybridized carbons (Fsp3) is 0.884.